The van der Waals surface area contributed by atoms with Crippen LogP contribution in [0.1, 0.15) is 32.8 Å². The van der Waals surface area contributed by atoms with Gasteiger partial charge in [0, 0.05) is 17.6 Å². The van der Waals surface area contributed by atoms with Gasteiger partial charge >= 0.3 is 0 Å². The lowest BCUT2D eigenvalue weighted by molar-refractivity contribution is 0.0933. The highest BCUT2D eigenvalue weighted by Gasteiger charge is 2.18. The lowest BCUT2D eigenvalue weighted by Gasteiger charge is -2.13. The molecule has 3 rings (SSSR count). The smallest absolute Gasteiger partial charge is 0.268 e. The van der Waals surface area contributed by atoms with Crippen LogP contribution in [0.5, 0.6) is 0 Å². The van der Waals surface area contributed by atoms with Gasteiger partial charge in [0.2, 0.25) is 0 Å². The summed E-state index contributed by atoms with van der Waals surface area (Å²) in [4.78, 5) is 19.8. The summed E-state index contributed by atoms with van der Waals surface area (Å²) in [6.45, 7) is 0.0552. The molecule has 0 saturated carbocycles. The van der Waals surface area contributed by atoms with Crippen LogP contribution in [-0.2, 0) is 6.61 Å². The molecule has 0 aliphatic heterocycles. The number of aliphatic hydroxyl groups is 1. The van der Waals surface area contributed by atoms with Crippen molar-refractivity contribution in [2.75, 3.05) is 6.54 Å². The average molecular weight is 367 g/mol. The predicted octanol–water partition coefficient (Wildman–Crippen LogP) is 1.93. The average Bonchev–Trinajstić information content (AvgIpc) is 3.35. The predicted molar refractivity (Wildman–Crippen MR) is 98.2 cm³/mol. The normalized spacial score (nSPS) is 11.7. The number of hydrogen-bond donors (Lipinski definition) is 4. The van der Waals surface area contributed by atoms with E-state index in [4.69, 9.17) is 16.1 Å². The number of thiazole rings is 1. The van der Waals surface area contributed by atoms with Gasteiger partial charge in [-0.15, -0.1) is 11.3 Å². The highest BCUT2D eigenvalue weighted by atomic mass is 32.1. The Labute approximate surface area is 154 Å². The number of nitrogens with two attached hydrogens (primary N) is 1. The highest BCUT2D eigenvalue weighted by Crippen LogP contribution is 2.21. The summed E-state index contributed by atoms with van der Waals surface area (Å²) in [7, 11) is 0. The van der Waals surface area contributed by atoms with Gasteiger partial charge in [0.25, 0.3) is 5.91 Å². The van der Waals surface area contributed by atoms with E-state index in [9.17, 15) is 4.79 Å². The Balaban J connectivity index is 1.73. The minimum absolute atomic E-state index is 0.147. The molecule has 3 aromatic rings. The molecule has 1 aromatic carbocycles. The summed E-state index contributed by atoms with van der Waals surface area (Å²) < 4.78 is 0. The zero-order chi connectivity index (χ0) is 18.5. The Morgan fingerprint density at radius 2 is 2.12 bits per heavy atom. The van der Waals surface area contributed by atoms with E-state index in [-0.39, 0.29) is 19.1 Å². The van der Waals surface area contributed by atoms with Crippen molar-refractivity contribution >= 4 is 17.2 Å². The number of carbonyl (C=O) groups is 1. The van der Waals surface area contributed by atoms with E-state index in [0.29, 0.717) is 22.0 Å². The van der Waals surface area contributed by atoms with Crippen LogP contribution in [0.25, 0.3) is 11.3 Å². The largest absolute Gasteiger partial charge is 0.390 e. The van der Waals surface area contributed by atoms with Gasteiger partial charge in [-0.1, -0.05) is 12.1 Å². The summed E-state index contributed by atoms with van der Waals surface area (Å²) in [5.74, 6) is -0.291. The molecule has 132 valence electrons. The zero-order valence-electron chi connectivity index (χ0n) is 13.8. The maximum absolute atomic E-state index is 12.5. The molecule has 0 bridgehead atoms. The molecular weight excluding hydrogens is 350 g/mol. The molecule has 0 unspecified atom stereocenters. The number of nitrogens with zero attached hydrogens (tertiary/aromatic N) is 2. The van der Waals surface area contributed by atoms with E-state index in [1.165, 1.54) is 11.3 Å². The molecule has 0 fully saturated rings. The van der Waals surface area contributed by atoms with Crippen LogP contribution >= 0.6 is 11.3 Å². The van der Waals surface area contributed by atoms with Crippen molar-refractivity contribution in [3.8, 4) is 17.3 Å². The number of nitrogens with one attached hydrogen (secondary N) is 2. The Morgan fingerprint density at radius 1 is 1.35 bits per heavy atom. The number of amides is 1. The fraction of sp³-hybridized carbons (Fsp3) is 0.167. The quantitative estimate of drug-likeness (QED) is 0.529. The summed E-state index contributed by atoms with van der Waals surface area (Å²) >= 11 is 1.35. The van der Waals surface area contributed by atoms with Crippen molar-refractivity contribution in [1.82, 2.24) is 15.3 Å². The van der Waals surface area contributed by atoms with Crippen molar-refractivity contribution in [3.63, 3.8) is 0 Å². The molecule has 1 atom stereocenters. The first-order valence-electron chi connectivity index (χ1n) is 7.90. The topological polar surface area (TPSA) is 128 Å². The van der Waals surface area contributed by atoms with Crippen LogP contribution in [0, 0.1) is 11.3 Å². The number of rotatable bonds is 6. The van der Waals surface area contributed by atoms with Crippen molar-refractivity contribution in [1.29, 1.82) is 5.26 Å². The molecular formula is C18H17N5O2S. The van der Waals surface area contributed by atoms with Crippen LogP contribution < -0.4 is 11.1 Å². The standard InChI is InChI=1S/C18H17N5O2S/c19-7-11-1-3-12(4-2-11)14-5-6-15(22-14)17(25)23-16(8-20)18-21-13(9-24)10-26-18/h1-6,10,16,22,24H,8-9,20H2,(H,23,25)/t16-/m1/s1. The molecule has 0 radical (unpaired) electrons. The number of carbonyl (C=O) groups excluding carboxylic acids is 1. The highest BCUT2D eigenvalue weighted by molar-refractivity contribution is 7.09. The Kier molecular flexibility index (Phi) is 5.43. The maximum Gasteiger partial charge on any atom is 0.268 e. The minimum Gasteiger partial charge on any atom is -0.390 e. The van der Waals surface area contributed by atoms with Crippen LogP contribution in [-0.4, -0.2) is 27.5 Å². The molecule has 0 spiro atoms. The lowest BCUT2D eigenvalue weighted by Crippen LogP contribution is -2.33. The molecule has 0 aliphatic carbocycles. The van der Waals surface area contributed by atoms with Crippen molar-refractivity contribution in [2.24, 2.45) is 5.73 Å². The number of H-pyrrole nitrogens is 1. The summed E-state index contributed by atoms with van der Waals surface area (Å²) in [6, 6.07) is 12.2. The first-order valence-corrected chi connectivity index (χ1v) is 8.78. The first-order chi connectivity index (χ1) is 12.6. The van der Waals surface area contributed by atoms with Gasteiger partial charge in [0.1, 0.15) is 10.7 Å². The van der Waals surface area contributed by atoms with E-state index in [0.717, 1.165) is 11.3 Å². The molecule has 0 aliphatic rings. The van der Waals surface area contributed by atoms with Gasteiger partial charge in [0.15, 0.2) is 0 Å². The number of aliphatic hydroxyl groups excluding tert-OH is 1. The third kappa shape index (κ3) is 3.81. The third-order valence-corrected chi connectivity index (χ3v) is 4.83. The molecule has 26 heavy (non-hydrogen) atoms. The minimum atomic E-state index is -0.422. The van der Waals surface area contributed by atoms with Gasteiger partial charge in [-0.25, -0.2) is 4.98 Å². The molecule has 2 heterocycles. The third-order valence-electron chi connectivity index (χ3n) is 3.83. The SMILES string of the molecule is N#Cc1ccc(-c2ccc(C(=O)N[C@H](CN)c3nc(CO)cs3)[nH]2)cc1. The molecule has 5 N–H and O–H groups in total. The van der Waals surface area contributed by atoms with Crippen LogP contribution in [0.15, 0.2) is 41.8 Å². The Hall–Kier alpha value is -2.99. The molecule has 0 saturated heterocycles. The number of aromatic nitrogens is 2. The second kappa shape index (κ2) is 7.93. The van der Waals surface area contributed by atoms with E-state index in [2.05, 4.69) is 21.4 Å². The number of aromatic amines is 1. The summed E-state index contributed by atoms with van der Waals surface area (Å²) in [5, 5.41) is 23.2. The van der Waals surface area contributed by atoms with Gasteiger partial charge in [-0.2, -0.15) is 5.26 Å². The van der Waals surface area contributed by atoms with Crippen molar-refractivity contribution in [2.45, 2.75) is 12.6 Å². The molecule has 7 nitrogen and oxygen atoms in total. The van der Waals surface area contributed by atoms with E-state index in [1.54, 1.807) is 29.6 Å². The van der Waals surface area contributed by atoms with Gasteiger partial charge in [-0.3, -0.25) is 4.79 Å². The molecule has 1 amide bonds. The van der Waals surface area contributed by atoms with E-state index < -0.39 is 6.04 Å². The first kappa shape index (κ1) is 17.8. The fourth-order valence-electron chi connectivity index (χ4n) is 2.43. The monoisotopic (exact) mass is 367 g/mol. The number of hydrogen-bond acceptors (Lipinski definition) is 6. The van der Waals surface area contributed by atoms with Gasteiger partial charge in [0.05, 0.1) is 30.0 Å². The molecule has 2 aromatic heterocycles. The van der Waals surface area contributed by atoms with Crippen molar-refractivity contribution < 1.29 is 9.90 Å². The number of nitriles is 1. The van der Waals surface area contributed by atoms with Crippen LogP contribution in [0.2, 0.25) is 0 Å². The Morgan fingerprint density at radius 3 is 2.73 bits per heavy atom. The fourth-order valence-corrected chi connectivity index (χ4v) is 3.31. The number of benzene rings is 1. The summed E-state index contributed by atoms with van der Waals surface area (Å²) in [6.07, 6.45) is 0. The second-order valence-electron chi connectivity index (χ2n) is 5.57. The van der Waals surface area contributed by atoms with Crippen LogP contribution in [0.3, 0.4) is 0 Å². The van der Waals surface area contributed by atoms with E-state index in [1.807, 2.05) is 12.1 Å². The maximum atomic E-state index is 12.5. The van der Waals surface area contributed by atoms with Gasteiger partial charge < -0.3 is 21.1 Å². The lowest BCUT2D eigenvalue weighted by atomic mass is 10.1. The van der Waals surface area contributed by atoms with Crippen LogP contribution in [0.4, 0.5) is 0 Å². The van der Waals surface area contributed by atoms with Gasteiger partial charge in [-0.05, 0) is 29.8 Å². The van der Waals surface area contributed by atoms with E-state index >= 15 is 0 Å². The summed E-state index contributed by atoms with van der Waals surface area (Å²) in [5.41, 5.74) is 8.96. The zero-order valence-corrected chi connectivity index (χ0v) is 14.6. The molecule has 8 heteroatoms. The van der Waals surface area contributed by atoms with Crippen molar-refractivity contribution in [3.05, 3.63) is 63.7 Å². The Bertz CT molecular complexity index is 939. The second-order valence-corrected chi connectivity index (χ2v) is 6.46.